The predicted molar refractivity (Wildman–Crippen MR) is 65.5 cm³/mol. The zero-order valence-electron chi connectivity index (χ0n) is 10.7. The number of aromatic nitrogens is 2. The highest BCUT2D eigenvalue weighted by molar-refractivity contribution is 5.00. The fourth-order valence-electron chi connectivity index (χ4n) is 1.88. The van der Waals surface area contributed by atoms with Crippen molar-refractivity contribution >= 4 is 0 Å². The van der Waals surface area contributed by atoms with Gasteiger partial charge in [-0.1, -0.05) is 6.92 Å². The van der Waals surface area contributed by atoms with Crippen LogP contribution in [-0.2, 0) is 18.2 Å². The summed E-state index contributed by atoms with van der Waals surface area (Å²) in [4.78, 5) is 0. The van der Waals surface area contributed by atoms with Gasteiger partial charge in [-0.05, 0) is 32.4 Å². The summed E-state index contributed by atoms with van der Waals surface area (Å²) >= 11 is 0. The number of hydrogen-bond acceptors (Lipinski definition) is 3. The lowest BCUT2D eigenvalue weighted by molar-refractivity contribution is 0.0806. The molecule has 1 aromatic heterocycles. The van der Waals surface area contributed by atoms with E-state index in [1.54, 1.807) is 7.11 Å². The first-order valence-corrected chi connectivity index (χ1v) is 5.92. The standard InChI is InChI=1S/C12H23N3O/c1-5-13-12(10(2)16-4)7-6-11-8-9-14-15(11)3/h8-10,12-13H,5-7H2,1-4H3. The van der Waals surface area contributed by atoms with E-state index >= 15 is 0 Å². The topological polar surface area (TPSA) is 39.1 Å². The van der Waals surface area contributed by atoms with Gasteiger partial charge in [0.1, 0.15) is 0 Å². The molecule has 2 atom stereocenters. The minimum Gasteiger partial charge on any atom is -0.380 e. The number of nitrogens with zero attached hydrogens (tertiary/aromatic N) is 2. The van der Waals surface area contributed by atoms with Gasteiger partial charge in [0.05, 0.1) is 6.10 Å². The van der Waals surface area contributed by atoms with Crippen LogP contribution in [0.2, 0.25) is 0 Å². The van der Waals surface area contributed by atoms with Gasteiger partial charge in [0.15, 0.2) is 0 Å². The quantitative estimate of drug-likeness (QED) is 0.761. The summed E-state index contributed by atoms with van der Waals surface area (Å²) < 4.78 is 7.31. The van der Waals surface area contributed by atoms with Crippen LogP contribution in [0.5, 0.6) is 0 Å². The third-order valence-corrected chi connectivity index (χ3v) is 3.04. The molecular formula is C12H23N3O. The van der Waals surface area contributed by atoms with Crippen LogP contribution in [0.1, 0.15) is 26.0 Å². The molecule has 0 aliphatic heterocycles. The Morgan fingerprint density at radius 1 is 1.56 bits per heavy atom. The van der Waals surface area contributed by atoms with Crippen LogP contribution in [0.15, 0.2) is 12.3 Å². The van der Waals surface area contributed by atoms with Gasteiger partial charge >= 0.3 is 0 Å². The van der Waals surface area contributed by atoms with Crippen LogP contribution in [0.25, 0.3) is 0 Å². The first-order valence-electron chi connectivity index (χ1n) is 5.92. The average Bonchev–Trinajstić information content (AvgIpc) is 2.69. The molecule has 16 heavy (non-hydrogen) atoms. The Bertz CT molecular complexity index is 298. The minimum atomic E-state index is 0.244. The molecule has 0 aromatic carbocycles. The van der Waals surface area contributed by atoms with Gasteiger partial charge in [-0.15, -0.1) is 0 Å². The molecule has 4 nitrogen and oxygen atoms in total. The van der Waals surface area contributed by atoms with Gasteiger partial charge in [0.25, 0.3) is 0 Å². The molecule has 1 rings (SSSR count). The van der Waals surface area contributed by atoms with Crippen molar-refractivity contribution in [3.63, 3.8) is 0 Å². The van der Waals surface area contributed by atoms with E-state index in [0.717, 1.165) is 19.4 Å². The maximum atomic E-state index is 5.38. The molecule has 4 heteroatoms. The number of aryl methyl sites for hydroxylation is 2. The summed E-state index contributed by atoms with van der Waals surface area (Å²) in [5.74, 6) is 0. The summed E-state index contributed by atoms with van der Waals surface area (Å²) in [5, 5.41) is 7.63. The zero-order valence-corrected chi connectivity index (χ0v) is 10.7. The van der Waals surface area contributed by atoms with Crippen molar-refractivity contribution < 1.29 is 4.74 Å². The molecule has 0 aliphatic carbocycles. The van der Waals surface area contributed by atoms with E-state index in [2.05, 4.69) is 30.3 Å². The predicted octanol–water partition coefficient (Wildman–Crippen LogP) is 1.37. The fourth-order valence-corrected chi connectivity index (χ4v) is 1.88. The Morgan fingerprint density at radius 2 is 2.31 bits per heavy atom. The lowest BCUT2D eigenvalue weighted by Gasteiger charge is -2.23. The lowest BCUT2D eigenvalue weighted by Crippen LogP contribution is -2.39. The molecule has 0 spiro atoms. The minimum absolute atomic E-state index is 0.244. The van der Waals surface area contributed by atoms with E-state index in [0.29, 0.717) is 6.04 Å². The Hall–Kier alpha value is -0.870. The Kier molecular flexibility index (Phi) is 5.49. The van der Waals surface area contributed by atoms with Crippen LogP contribution >= 0.6 is 0 Å². The molecule has 1 aromatic rings. The van der Waals surface area contributed by atoms with E-state index in [4.69, 9.17) is 4.74 Å². The van der Waals surface area contributed by atoms with E-state index in [1.165, 1.54) is 5.69 Å². The second kappa shape index (κ2) is 6.66. The monoisotopic (exact) mass is 225 g/mol. The highest BCUT2D eigenvalue weighted by Gasteiger charge is 2.15. The Morgan fingerprint density at radius 3 is 2.81 bits per heavy atom. The van der Waals surface area contributed by atoms with Crippen molar-refractivity contribution in [2.24, 2.45) is 7.05 Å². The van der Waals surface area contributed by atoms with Gasteiger partial charge in [-0.2, -0.15) is 5.10 Å². The third-order valence-electron chi connectivity index (χ3n) is 3.04. The molecule has 92 valence electrons. The SMILES string of the molecule is CCNC(CCc1ccnn1C)C(C)OC. The van der Waals surface area contributed by atoms with Gasteiger partial charge in [-0.25, -0.2) is 0 Å². The molecule has 0 saturated heterocycles. The Balaban J connectivity index is 2.46. The van der Waals surface area contributed by atoms with Crippen LogP contribution in [0.4, 0.5) is 0 Å². The van der Waals surface area contributed by atoms with Crippen molar-refractivity contribution in [1.82, 2.24) is 15.1 Å². The summed E-state index contributed by atoms with van der Waals surface area (Å²) in [6, 6.07) is 2.48. The molecule has 0 aliphatic rings. The van der Waals surface area contributed by atoms with Gasteiger partial charge in [-0.3, -0.25) is 4.68 Å². The first kappa shape index (κ1) is 13.2. The maximum absolute atomic E-state index is 5.38. The number of likely N-dealkylation sites (N-methyl/N-ethyl adjacent to an activating group) is 1. The van der Waals surface area contributed by atoms with E-state index in [1.807, 2.05) is 17.9 Å². The van der Waals surface area contributed by atoms with Crippen LogP contribution in [0, 0.1) is 0 Å². The van der Waals surface area contributed by atoms with Gasteiger partial charge < -0.3 is 10.1 Å². The number of ether oxygens (including phenoxy) is 1. The second-order valence-corrected chi connectivity index (χ2v) is 4.09. The maximum Gasteiger partial charge on any atom is 0.0696 e. The number of rotatable bonds is 7. The second-order valence-electron chi connectivity index (χ2n) is 4.09. The van der Waals surface area contributed by atoms with E-state index < -0.39 is 0 Å². The number of nitrogens with one attached hydrogen (secondary N) is 1. The van der Waals surface area contributed by atoms with Crippen molar-refractivity contribution in [2.75, 3.05) is 13.7 Å². The van der Waals surface area contributed by atoms with Crippen molar-refractivity contribution in [2.45, 2.75) is 38.8 Å². The summed E-state index contributed by atoms with van der Waals surface area (Å²) in [5.41, 5.74) is 1.27. The smallest absolute Gasteiger partial charge is 0.0696 e. The molecule has 1 N–H and O–H groups in total. The molecular weight excluding hydrogens is 202 g/mol. The lowest BCUT2D eigenvalue weighted by atomic mass is 10.0. The molecule has 0 radical (unpaired) electrons. The van der Waals surface area contributed by atoms with Crippen LogP contribution < -0.4 is 5.32 Å². The molecule has 1 heterocycles. The summed E-state index contributed by atoms with van der Waals surface area (Å²) in [7, 11) is 3.75. The molecule has 0 bridgehead atoms. The van der Waals surface area contributed by atoms with E-state index in [-0.39, 0.29) is 6.10 Å². The Labute approximate surface area is 98.0 Å². The van der Waals surface area contributed by atoms with Crippen molar-refractivity contribution in [3.05, 3.63) is 18.0 Å². The van der Waals surface area contributed by atoms with Crippen molar-refractivity contribution in [1.29, 1.82) is 0 Å². The third kappa shape index (κ3) is 3.61. The normalized spacial score (nSPS) is 15.0. The molecule has 0 fully saturated rings. The molecule has 0 saturated carbocycles. The largest absolute Gasteiger partial charge is 0.380 e. The summed E-state index contributed by atoms with van der Waals surface area (Å²) in [6.07, 6.45) is 4.19. The number of methoxy groups -OCH3 is 1. The molecule has 0 amide bonds. The highest BCUT2D eigenvalue weighted by Crippen LogP contribution is 2.08. The van der Waals surface area contributed by atoms with Gasteiger partial charge in [0, 0.05) is 32.1 Å². The van der Waals surface area contributed by atoms with E-state index in [9.17, 15) is 0 Å². The van der Waals surface area contributed by atoms with Crippen molar-refractivity contribution in [3.8, 4) is 0 Å². The first-order chi connectivity index (χ1) is 7.69. The summed E-state index contributed by atoms with van der Waals surface area (Å²) in [6.45, 7) is 5.21. The molecule has 2 unspecified atom stereocenters. The fraction of sp³-hybridized carbons (Fsp3) is 0.750. The van der Waals surface area contributed by atoms with Crippen LogP contribution in [-0.4, -0.2) is 35.6 Å². The zero-order chi connectivity index (χ0) is 12.0. The highest BCUT2D eigenvalue weighted by atomic mass is 16.5. The van der Waals surface area contributed by atoms with Gasteiger partial charge in [0.2, 0.25) is 0 Å². The van der Waals surface area contributed by atoms with Crippen LogP contribution in [0.3, 0.4) is 0 Å². The average molecular weight is 225 g/mol. The number of hydrogen-bond donors (Lipinski definition) is 1.